The summed E-state index contributed by atoms with van der Waals surface area (Å²) in [5.41, 5.74) is -2.81. The third-order valence-electron chi connectivity index (χ3n) is 7.57. The lowest BCUT2D eigenvalue weighted by Gasteiger charge is -2.16. The zero-order valence-corrected chi connectivity index (χ0v) is 24.0. The number of carbonyl (C=O) groups is 2. The molecule has 2 atom stereocenters. The number of hydrogen-bond acceptors (Lipinski definition) is 9. The van der Waals surface area contributed by atoms with Crippen LogP contribution in [0.4, 0.5) is 10.1 Å². The van der Waals surface area contributed by atoms with Crippen molar-refractivity contribution >= 4 is 38.5 Å². The Labute approximate surface area is 252 Å². The van der Waals surface area contributed by atoms with Gasteiger partial charge in [-0.25, -0.2) is 31.9 Å². The molecule has 1 fully saturated rings. The number of pyridine rings is 3. The number of halogens is 1. The second-order valence-electron chi connectivity index (χ2n) is 10.3. The fourth-order valence-corrected chi connectivity index (χ4v) is 6.15. The van der Waals surface area contributed by atoms with Gasteiger partial charge in [0.05, 0.1) is 39.6 Å². The minimum Gasteiger partial charge on any atom is -0.479 e. The van der Waals surface area contributed by atoms with Crippen LogP contribution in [0.1, 0.15) is 28.4 Å². The molecule has 1 amide bonds. The number of sulfonamides is 1. The first-order valence-electron chi connectivity index (χ1n) is 13.2. The Morgan fingerprint density at radius 1 is 1.02 bits per heavy atom. The molecule has 1 saturated carbocycles. The van der Waals surface area contributed by atoms with Gasteiger partial charge in [-0.2, -0.15) is 0 Å². The van der Waals surface area contributed by atoms with Crippen molar-refractivity contribution in [2.75, 3.05) is 4.72 Å². The van der Waals surface area contributed by atoms with E-state index in [0.29, 0.717) is 11.1 Å². The highest BCUT2D eigenvalue weighted by molar-refractivity contribution is 7.92. The number of anilines is 1. The third-order valence-corrected chi connectivity index (χ3v) is 8.97. The molecule has 4 aromatic heterocycles. The van der Waals surface area contributed by atoms with E-state index < -0.39 is 56.1 Å². The molecule has 4 heterocycles. The van der Waals surface area contributed by atoms with E-state index in [1.54, 1.807) is 12.1 Å². The summed E-state index contributed by atoms with van der Waals surface area (Å²) < 4.78 is 44.4. The van der Waals surface area contributed by atoms with Crippen molar-refractivity contribution in [2.24, 2.45) is 7.05 Å². The van der Waals surface area contributed by atoms with Crippen LogP contribution in [-0.2, 0) is 21.9 Å². The quantitative estimate of drug-likeness (QED) is 0.226. The Balaban J connectivity index is 1.22. The highest BCUT2D eigenvalue weighted by Crippen LogP contribution is 2.52. The number of rotatable bonds is 8. The van der Waals surface area contributed by atoms with Gasteiger partial charge in [-0.15, -0.1) is 0 Å². The predicted molar refractivity (Wildman–Crippen MR) is 157 cm³/mol. The molecular formula is C29H22FN7O7S. The molecule has 0 bridgehead atoms. The largest absolute Gasteiger partial charge is 0.479 e. The number of aromatic nitrogens is 5. The van der Waals surface area contributed by atoms with E-state index in [-0.39, 0.29) is 28.1 Å². The van der Waals surface area contributed by atoms with Crippen molar-refractivity contribution < 1.29 is 27.5 Å². The molecule has 0 aliphatic heterocycles. The fourth-order valence-electron chi connectivity index (χ4n) is 5.13. The van der Waals surface area contributed by atoms with E-state index in [9.17, 15) is 37.1 Å². The van der Waals surface area contributed by atoms with Crippen molar-refractivity contribution in [1.29, 1.82) is 0 Å². The van der Waals surface area contributed by atoms with Crippen LogP contribution >= 0.6 is 0 Å². The summed E-state index contributed by atoms with van der Waals surface area (Å²) in [5.74, 6) is -4.37. The third kappa shape index (κ3) is 5.10. The van der Waals surface area contributed by atoms with Gasteiger partial charge in [0.25, 0.3) is 21.5 Å². The first-order valence-corrected chi connectivity index (χ1v) is 14.7. The predicted octanol–water partition coefficient (Wildman–Crippen LogP) is 1.55. The molecule has 0 radical (unpaired) electrons. The molecule has 228 valence electrons. The molecule has 0 saturated heterocycles. The number of carboxylic acids is 1. The van der Waals surface area contributed by atoms with Crippen LogP contribution in [0.25, 0.3) is 16.6 Å². The number of nitrogens with zero attached hydrogens (tertiary/aromatic N) is 5. The van der Waals surface area contributed by atoms with E-state index in [4.69, 9.17) is 0 Å². The molecule has 5 aromatic rings. The van der Waals surface area contributed by atoms with Crippen LogP contribution < -0.4 is 21.3 Å². The van der Waals surface area contributed by atoms with Crippen LogP contribution in [0.2, 0.25) is 0 Å². The zero-order chi connectivity index (χ0) is 32.1. The monoisotopic (exact) mass is 631 g/mol. The summed E-state index contributed by atoms with van der Waals surface area (Å²) in [7, 11) is -2.57. The van der Waals surface area contributed by atoms with Crippen molar-refractivity contribution in [2.45, 2.75) is 22.8 Å². The number of amides is 1. The van der Waals surface area contributed by atoms with Gasteiger partial charge in [-0.1, -0.05) is 12.1 Å². The van der Waals surface area contributed by atoms with Crippen LogP contribution in [0.3, 0.4) is 0 Å². The number of benzene rings is 1. The van der Waals surface area contributed by atoms with Crippen molar-refractivity contribution in [3.05, 3.63) is 117 Å². The van der Waals surface area contributed by atoms with Crippen LogP contribution in [-0.4, -0.2) is 55.0 Å². The van der Waals surface area contributed by atoms with Crippen molar-refractivity contribution in [3.63, 3.8) is 0 Å². The lowest BCUT2D eigenvalue weighted by molar-refractivity contribution is -0.140. The molecule has 1 aliphatic rings. The Hall–Kier alpha value is -5.77. The average molecular weight is 632 g/mol. The van der Waals surface area contributed by atoms with Crippen LogP contribution in [0.5, 0.6) is 0 Å². The summed E-state index contributed by atoms with van der Waals surface area (Å²) >= 11 is 0. The Bertz CT molecular complexity index is 2240. The normalized spacial score (nSPS) is 17.5. The van der Waals surface area contributed by atoms with E-state index >= 15 is 0 Å². The lowest BCUT2D eigenvalue weighted by Crippen LogP contribution is -2.45. The first-order chi connectivity index (χ1) is 21.4. The lowest BCUT2D eigenvalue weighted by atomic mass is 10.1. The number of fused-ring (bicyclic) bond motifs is 1. The van der Waals surface area contributed by atoms with Gasteiger partial charge >= 0.3 is 11.7 Å². The van der Waals surface area contributed by atoms with Crippen molar-refractivity contribution in [3.8, 4) is 5.69 Å². The van der Waals surface area contributed by atoms with Gasteiger partial charge in [0.1, 0.15) is 5.54 Å². The van der Waals surface area contributed by atoms with E-state index in [0.717, 1.165) is 16.8 Å². The summed E-state index contributed by atoms with van der Waals surface area (Å²) in [4.78, 5) is 62.6. The number of nitrogens with one attached hydrogen (secondary N) is 2. The van der Waals surface area contributed by atoms with Crippen LogP contribution in [0.15, 0.2) is 94.0 Å². The fraction of sp³-hybridized carbons (Fsp3) is 0.138. The molecule has 1 aromatic carbocycles. The second kappa shape index (κ2) is 10.7. The number of hydrogen-bond donors (Lipinski definition) is 3. The highest BCUT2D eigenvalue weighted by Gasteiger charge is 2.62. The molecule has 45 heavy (non-hydrogen) atoms. The van der Waals surface area contributed by atoms with E-state index in [1.165, 1.54) is 66.7 Å². The maximum absolute atomic E-state index is 14.9. The van der Waals surface area contributed by atoms with Gasteiger partial charge in [0.2, 0.25) is 0 Å². The van der Waals surface area contributed by atoms with Crippen molar-refractivity contribution in [1.82, 2.24) is 29.4 Å². The standard InChI is InChI=1S/C29H22FN7O7S/c1-36-23-15-32-11-8-20(23)26(39)37(28(36)42)18-4-2-16(3-5-18)21-13-29(21,27(40)41)34-25(38)24-22(30)12-17(14-33-24)35-45(43,44)19-6-9-31-10-7-19/h2-12,14-15,21,35H,13H2,1H3,(H,34,38)(H,40,41)/t21-,29?/m0/s1. The van der Waals surface area contributed by atoms with Gasteiger partial charge in [-0.3, -0.25) is 28.8 Å². The summed E-state index contributed by atoms with van der Waals surface area (Å²) in [5, 5.41) is 12.7. The zero-order valence-electron chi connectivity index (χ0n) is 23.2. The van der Waals surface area contributed by atoms with Gasteiger partial charge in [0, 0.05) is 37.6 Å². The van der Waals surface area contributed by atoms with E-state index in [1.807, 2.05) is 0 Å². The molecule has 1 unspecified atom stereocenters. The maximum Gasteiger partial charge on any atom is 0.335 e. The van der Waals surface area contributed by atoms with Gasteiger partial charge < -0.3 is 10.4 Å². The highest BCUT2D eigenvalue weighted by atomic mass is 32.2. The van der Waals surface area contributed by atoms with E-state index in [2.05, 4.69) is 25.0 Å². The number of aliphatic carboxylic acids is 1. The van der Waals surface area contributed by atoms with Crippen LogP contribution in [0, 0.1) is 5.82 Å². The molecule has 6 rings (SSSR count). The molecule has 14 nitrogen and oxygen atoms in total. The molecular weight excluding hydrogens is 609 g/mol. The SMILES string of the molecule is Cn1c(=O)n(-c2ccc([C@@H]3CC3(NC(=O)c3ncc(NS(=O)(=O)c4ccncc4)cc3F)C(=O)O)cc2)c(=O)c2ccncc21. The molecule has 1 aliphatic carbocycles. The Morgan fingerprint density at radius 2 is 1.71 bits per heavy atom. The molecule has 16 heteroatoms. The molecule has 0 spiro atoms. The summed E-state index contributed by atoms with van der Waals surface area (Å²) in [6.45, 7) is 0. The Morgan fingerprint density at radius 3 is 2.38 bits per heavy atom. The van der Waals surface area contributed by atoms with Gasteiger partial charge in [0.15, 0.2) is 11.5 Å². The summed E-state index contributed by atoms with van der Waals surface area (Å²) in [6.07, 6.45) is 6.30. The summed E-state index contributed by atoms with van der Waals surface area (Å²) in [6, 6.07) is 10.8. The minimum atomic E-state index is -4.08. The molecule has 3 N–H and O–H groups in total. The smallest absolute Gasteiger partial charge is 0.335 e. The minimum absolute atomic E-state index is 0.0243. The maximum atomic E-state index is 14.9. The van der Waals surface area contributed by atoms with Gasteiger partial charge in [-0.05, 0) is 42.3 Å². The topological polar surface area (TPSA) is 195 Å². The average Bonchev–Trinajstić information content (AvgIpc) is 3.76. The number of carbonyl (C=O) groups excluding carboxylic acids is 1. The second-order valence-corrected chi connectivity index (χ2v) is 12.0. The number of aryl methyl sites for hydroxylation is 1. The number of carboxylic acid groups (broad SMARTS) is 1. The first kappa shape index (κ1) is 29.3. The Kier molecular flexibility index (Phi) is 7.00.